The minimum atomic E-state index is -4.68. The first kappa shape index (κ1) is 16.4. The van der Waals surface area contributed by atoms with Crippen LogP contribution in [0.15, 0.2) is 18.2 Å². The number of carboxylic acids is 1. The lowest BCUT2D eigenvalue weighted by Gasteiger charge is -2.13. The predicted octanol–water partition coefficient (Wildman–Crippen LogP) is 2.55. The topological polar surface area (TPSA) is 78.4 Å². The van der Waals surface area contributed by atoms with Crippen LogP contribution in [0.2, 0.25) is 0 Å². The first-order chi connectivity index (χ1) is 9.65. The Morgan fingerprint density at radius 1 is 1.38 bits per heavy atom. The average Bonchev–Trinajstić information content (AvgIpc) is 2.37. The number of hydrogen-bond donors (Lipinski definition) is 3. The summed E-state index contributed by atoms with van der Waals surface area (Å²) in [6.45, 7) is 1.50. The van der Waals surface area contributed by atoms with Gasteiger partial charge in [0.2, 0.25) is 0 Å². The van der Waals surface area contributed by atoms with Crippen molar-refractivity contribution in [2.75, 3.05) is 5.32 Å². The van der Waals surface area contributed by atoms with Crippen LogP contribution in [0.5, 0.6) is 0 Å². The third-order valence-corrected chi connectivity index (χ3v) is 2.42. The van der Waals surface area contributed by atoms with Crippen molar-refractivity contribution in [2.45, 2.75) is 19.1 Å². The lowest BCUT2D eigenvalue weighted by molar-refractivity contribution is -0.137. The molecule has 3 N–H and O–H groups in total. The Morgan fingerprint density at radius 3 is 2.48 bits per heavy atom. The number of terminal acetylenes is 1. The van der Waals surface area contributed by atoms with Gasteiger partial charge in [-0.15, -0.1) is 6.42 Å². The van der Waals surface area contributed by atoms with Crippen molar-refractivity contribution >= 4 is 17.7 Å². The van der Waals surface area contributed by atoms with Gasteiger partial charge in [0.05, 0.1) is 22.9 Å². The van der Waals surface area contributed by atoms with Crippen LogP contribution in [0.4, 0.5) is 23.7 Å². The normalized spacial score (nSPS) is 12.1. The van der Waals surface area contributed by atoms with E-state index in [1.807, 2.05) is 0 Å². The van der Waals surface area contributed by atoms with Crippen molar-refractivity contribution in [3.05, 3.63) is 29.3 Å². The highest BCUT2D eigenvalue weighted by atomic mass is 19.4. The summed E-state index contributed by atoms with van der Waals surface area (Å²) in [6, 6.07) is 0.553. The zero-order valence-corrected chi connectivity index (χ0v) is 10.8. The fraction of sp³-hybridized carbons (Fsp3) is 0.231. The number of nitrogens with one attached hydrogen (secondary N) is 2. The molecule has 0 radical (unpaired) electrons. The van der Waals surface area contributed by atoms with E-state index in [0.717, 1.165) is 6.07 Å². The van der Waals surface area contributed by atoms with Gasteiger partial charge in [-0.3, -0.25) is 0 Å². The minimum absolute atomic E-state index is 0.266. The molecule has 1 aromatic rings. The number of rotatable bonds is 3. The van der Waals surface area contributed by atoms with Gasteiger partial charge in [-0.1, -0.05) is 5.92 Å². The molecule has 0 spiro atoms. The molecule has 1 aromatic carbocycles. The van der Waals surface area contributed by atoms with E-state index in [1.165, 1.54) is 6.92 Å². The summed E-state index contributed by atoms with van der Waals surface area (Å²) >= 11 is 0. The van der Waals surface area contributed by atoms with Crippen molar-refractivity contribution in [3.8, 4) is 12.3 Å². The van der Waals surface area contributed by atoms with E-state index < -0.39 is 35.3 Å². The largest absolute Gasteiger partial charge is 0.478 e. The molecule has 21 heavy (non-hydrogen) atoms. The standard InChI is InChI=1S/C13H11F3N2O3/c1-3-7(2)17-12(21)18-10-5-4-8(13(14,15)16)6-9(10)11(19)20/h1,4-7H,2H3,(H,19,20)(H2,17,18,21). The molecule has 0 bridgehead atoms. The second-order valence-corrected chi connectivity index (χ2v) is 4.05. The van der Waals surface area contributed by atoms with E-state index in [-0.39, 0.29) is 5.69 Å². The number of urea groups is 1. The highest BCUT2D eigenvalue weighted by molar-refractivity contribution is 6.00. The van der Waals surface area contributed by atoms with Gasteiger partial charge in [0.25, 0.3) is 0 Å². The molecule has 0 saturated carbocycles. The monoisotopic (exact) mass is 300 g/mol. The quantitative estimate of drug-likeness (QED) is 0.751. The molecule has 1 unspecified atom stereocenters. The van der Waals surface area contributed by atoms with Crippen LogP contribution in [-0.2, 0) is 6.18 Å². The van der Waals surface area contributed by atoms with Gasteiger partial charge in [0, 0.05) is 0 Å². The Labute approximate surface area is 118 Å². The summed E-state index contributed by atoms with van der Waals surface area (Å²) in [4.78, 5) is 22.5. The number of amides is 2. The van der Waals surface area contributed by atoms with Crippen LogP contribution in [0.1, 0.15) is 22.8 Å². The van der Waals surface area contributed by atoms with Crippen molar-refractivity contribution in [2.24, 2.45) is 0 Å². The maximum atomic E-state index is 12.5. The first-order valence-corrected chi connectivity index (χ1v) is 5.63. The van der Waals surface area contributed by atoms with Crippen molar-refractivity contribution in [3.63, 3.8) is 0 Å². The Balaban J connectivity index is 3.06. The van der Waals surface area contributed by atoms with E-state index >= 15 is 0 Å². The SMILES string of the molecule is C#CC(C)NC(=O)Nc1ccc(C(F)(F)F)cc1C(=O)O. The Bertz CT molecular complexity index is 606. The molecule has 0 aliphatic heterocycles. The summed E-state index contributed by atoms with van der Waals surface area (Å²) < 4.78 is 37.6. The zero-order chi connectivity index (χ0) is 16.2. The van der Waals surface area contributed by atoms with Crippen molar-refractivity contribution < 1.29 is 27.9 Å². The number of carbonyl (C=O) groups is 2. The van der Waals surface area contributed by atoms with Crippen LogP contribution < -0.4 is 10.6 Å². The van der Waals surface area contributed by atoms with Crippen LogP contribution in [0.3, 0.4) is 0 Å². The molecule has 0 aliphatic rings. The van der Waals surface area contributed by atoms with Gasteiger partial charge in [0.15, 0.2) is 0 Å². The van der Waals surface area contributed by atoms with E-state index in [0.29, 0.717) is 12.1 Å². The number of carboxylic acid groups (broad SMARTS) is 1. The molecule has 112 valence electrons. The molecule has 5 nitrogen and oxygen atoms in total. The maximum absolute atomic E-state index is 12.5. The molecule has 1 atom stereocenters. The van der Waals surface area contributed by atoms with Gasteiger partial charge >= 0.3 is 18.2 Å². The first-order valence-electron chi connectivity index (χ1n) is 5.63. The maximum Gasteiger partial charge on any atom is 0.416 e. The highest BCUT2D eigenvalue weighted by Crippen LogP contribution is 2.31. The smallest absolute Gasteiger partial charge is 0.416 e. The molecule has 2 amide bonds. The van der Waals surface area contributed by atoms with Gasteiger partial charge < -0.3 is 15.7 Å². The third-order valence-electron chi connectivity index (χ3n) is 2.42. The Kier molecular flexibility index (Phi) is 4.81. The molecule has 0 heterocycles. The van der Waals surface area contributed by atoms with Crippen LogP contribution >= 0.6 is 0 Å². The van der Waals surface area contributed by atoms with Crippen molar-refractivity contribution in [1.82, 2.24) is 5.32 Å². The van der Waals surface area contributed by atoms with Crippen molar-refractivity contribution in [1.29, 1.82) is 0 Å². The summed E-state index contributed by atoms with van der Waals surface area (Å²) in [6.07, 6.45) is 0.370. The van der Waals surface area contributed by atoms with E-state index in [2.05, 4.69) is 16.6 Å². The molecule has 0 saturated heterocycles. The second-order valence-electron chi connectivity index (χ2n) is 4.05. The number of halogens is 3. The Morgan fingerprint density at radius 2 is 2.00 bits per heavy atom. The zero-order valence-electron chi connectivity index (χ0n) is 10.8. The van der Waals surface area contributed by atoms with Crippen LogP contribution in [-0.4, -0.2) is 23.1 Å². The molecule has 1 rings (SSSR count). The van der Waals surface area contributed by atoms with Crippen LogP contribution in [0, 0.1) is 12.3 Å². The fourth-order valence-corrected chi connectivity index (χ4v) is 1.40. The molecule has 0 aliphatic carbocycles. The molecular weight excluding hydrogens is 289 g/mol. The highest BCUT2D eigenvalue weighted by Gasteiger charge is 2.32. The van der Waals surface area contributed by atoms with E-state index in [9.17, 15) is 22.8 Å². The summed E-state index contributed by atoms with van der Waals surface area (Å²) in [7, 11) is 0. The number of anilines is 1. The number of aromatic carboxylic acids is 1. The molecular formula is C13H11F3N2O3. The van der Waals surface area contributed by atoms with E-state index in [1.54, 1.807) is 0 Å². The second kappa shape index (κ2) is 6.17. The van der Waals surface area contributed by atoms with Gasteiger partial charge in [-0.2, -0.15) is 13.2 Å². The summed E-state index contributed by atoms with van der Waals surface area (Å²) in [5, 5.41) is 13.4. The van der Waals surface area contributed by atoms with Crippen LogP contribution in [0.25, 0.3) is 0 Å². The summed E-state index contributed by atoms with van der Waals surface area (Å²) in [5.41, 5.74) is -2.06. The minimum Gasteiger partial charge on any atom is -0.478 e. The Hall–Kier alpha value is -2.69. The molecule has 0 fully saturated rings. The lowest BCUT2D eigenvalue weighted by Crippen LogP contribution is -2.35. The predicted molar refractivity (Wildman–Crippen MR) is 68.9 cm³/mol. The summed E-state index contributed by atoms with van der Waals surface area (Å²) in [5.74, 6) is 0.615. The number of carbonyl (C=O) groups excluding carboxylic acids is 1. The molecule has 8 heteroatoms. The van der Waals surface area contributed by atoms with Gasteiger partial charge in [-0.05, 0) is 25.1 Å². The van der Waals surface area contributed by atoms with Gasteiger partial charge in [0.1, 0.15) is 0 Å². The molecule has 0 aromatic heterocycles. The number of hydrogen-bond acceptors (Lipinski definition) is 2. The van der Waals surface area contributed by atoms with E-state index in [4.69, 9.17) is 11.5 Å². The number of alkyl halides is 3. The number of benzene rings is 1. The fourth-order valence-electron chi connectivity index (χ4n) is 1.40. The van der Waals surface area contributed by atoms with Gasteiger partial charge in [-0.25, -0.2) is 9.59 Å². The average molecular weight is 300 g/mol. The third kappa shape index (κ3) is 4.42. The lowest BCUT2D eigenvalue weighted by atomic mass is 10.1.